The molecule has 2 N–H and O–H groups in total. The van der Waals surface area contributed by atoms with E-state index in [4.69, 9.17) is 16.7 Å². The molecule has 1 aromatic rings. The third kappa shape index (κ3) is 4.73. The lowest BCUT2D eigenvalue weighted by atomic mass is 10.1. The number of benzene rings is 1. The Balaban J connectivity index is 2.99. The summed E-state index contributed by atoms with van der Waals surface area (Å²) in [7, 11) is -4.12. The van der Waals surface area contributed by atoms with E-state index in [1.54, 1.807) is 6.92 Å². The van der Waals surface area contributed by atoms with Crippen LogP contribution in [-0.2, 0) is 14.8 Å². The molecule has 112 valence electrons. The molecule has 0 aliphatic rings. The van der Waals surface area contributed by atoms with Gasteiger partial charge in [0.05, 0.1) is 6.42 Å². The van der Waals surface area contributed by atoms with E-state index in [0.29, 0.717) is 12.8 Å². The van der Waals surface area contributed by atoms with Crippen molar-refractivity contribution in [2.45, 2.75) is 37.1 Å². The van der Waals surface area contributed by atoms with Crippen molar-refractivity contribution >= 4 is 27.6 Å². The van der Waals surface area contributed by atoms with Gasteiger partial charge in [-0.15, -0.1) is 0 Å². The van der Waals surface area contributed by atoms with E-state index < -0.39 is 32.7 Å². The van der Waals surface area contributed by atoms with Crippen molar-refractivity contribution in [1.29, 1.82) is 0 Å². The first-order valence-corrected chi connectivity index (χ1v) is 7.81. The maximum atomic E-state index is 13.6. The number of carbonyl (C=O) groups is 1. The van der Waals surface area contributed by atoms with Crippen LogP contribution in [0.1, 0.15) is 26.2 Å². The fourth-order valence-electron chi connectivity index (χ4n) is 1.74. The van der Waals surface area contributed by atoms with Crippen LogP contribution < -0.4 is 4.72 Å². The van der Waals surface area contributed by atoms with Gasteiger partial charge in [-0.1, -0.05) is 24.9 Å². The molecule has 0 aromatic heterocycles. The molecular formula is C12H15ClFNO4S. The summed E-state index contributed by atoms with van der Waals surface area (Å²) < 4.78 is 39.9. The standard InChI is InChI=1S/C12H15ClFNO4S/c1-2-3-9(7-12(16)17)15-20(18,19)11-5-4-8(13)6-10(11)14/h4-6,9,15H,2-3,7H2,1H3,(H,16,17). The van der Waals surface area contributed by atoms with Gasteiger partial charge in [0.25, 0.3) is 0 Å². The zero-order chi connectivity index (χ0) is 15.3. The van der Waals surface area contributed by atoms with Gasteiger partial charge in [-0.2, -0.15) is 0 Å². The molecule has 1 unspecified atom stereocenters. The van der Waals surface area contributed by atoms with Gasteiger partial charge in [0.2, 0.25) is 10.0 Å². The summed E-state index contributed by atoms with van der Waals surface area (Å²) >= 11 is 5.56. The maximum absolute atomic E-state index is 13.6. The summed E-state index contributed by atoms with van der Waals surface area (Å²) in [6.07, 6.45) is 0.590. The third-order valence-corrected chi connectivity index (χ3v) is 4.35. The molecule has 20 heavy (non-hydrogen) atoms. The molecule has 1 rings (SSSR count). The molecule has 0 aliphatic carbocycles. The number of carboxylic acid groups (broad SMARTS) is 1. The fourth-order valence-corrected chi connectivity index (χ4v) is 3.23. The fraction of sp³-hybridized carbons (Fsp3) is 0.417. The average Bonchev–Trinajstić information content (AvgIpc) is 2.26. The van der Waals surface area contributed by atoms with Crippen LogP contribution in [0.25, 0.3) is 0 Å². The lowest BCUT2D eigenvalue weighted by Gasteiger charge is -2.16. The Bertz CT molecular complexity index is 591. The lowest BCUT2D eigenvalue weighted by Crippen LogP contribution is -2.36. The van der Waals surface area contributed by atoms with E-state index in [0.717, 1.165) is 12.1 Å². The Morgan fingerprint density at radius 1 is 1.50 bits per heavy atom. The first-order valence-electron chi connectivity index (χ1n) is 5.95. The second-order valence-corrected chi connectivity index (χ2v) is 6.40. The minimum atomic E-state index is -4.12. The van der Waals surface area contributed by atoms with Crippen molar-refractivity contribution in [3.05, 3.63) is 29.0 Å². The zero-order valence-corrected chi connectivity index (χ0v) is 12.3. The van der Waals surface area contributed by atoms with Crippen molar-refractivity contribution in [1.82, 2.24) is 4.72 Å². The van der Waals surface area contributed by atoms with Crippen molar-refractivity contribution in [3.63, 3.8) is 0 Å². The number of sulfonamides is 1. The lowest BCUT2D eigenvalue weighted by molar-refractivity contribution is -0.137. The average molecular weight is 324 g/mol. The highest BCUT2D eigenvalue weighted by Crippen LogP contribution is 2.19. The monoisotopic (exact) mass is 323 g/mol. The quantitative estimate of drug-likeness (QED) is 0.807. The van der Waals surface area contributed by atoms with Gasteiger partial charge in [-0.25, -0.2) is 17.5 Å². The molecular weight excluding hydrogens is 309 g/mol. The van der Waals surface area contributed by atoms with Gasteiger partial charge in [-0.05, 0) is 24.6 Å². The molecule has 0 bridgehead atoms. The van der Waals surface area contributed by atoms with Crippen molar-refractivity contribution in [2.75, 3.05) is 0 Å². The predicted molar refractivity (Wildman–Crippen MR) is 72.7 cm³/mol. The molecule has 0 heterocycles. The molecule has 0 spiro atoms. The van der Waals surface area contributed by atoms with Gasteiger partial charge in [0.1, 0.15) is 10.7 Å². The second-order valence-electron chi connectivity index (χ2n) is 4.28. The first-order chi connectivity index (χ1) is 9.26. The molecule has 0 saturated heterocycles. The number of hydrogen-bond donors (Lipinski definition) is 2. The number of rotatable bonds is 7. The van der Waals surface area contributed by atoms with E-state index in [-0.39, 0.29) is 11.4 Å². The van der Waals surface area contributed by atoms with E-state index in [1.807, 2.05) is 0 Å². The van der Waals surface area contributed by atoms with E-state index in [2.05, 4.69) is 4.72 Å². The molecule has 0 fully saturated rings. The summed E-state index contributed by atoms with van der Waals surface area (Å²) in [4.78, 5) is 10.1. The molecule has 0 saturated carbocycles. The Hall–Kier alpha value is -1.18. The van der Waals surface area contributed by atoms with Crippen LogP contribution in [0, 0.1) is 5.82 Å². The van der Waals surface area contributed by atoms with Gasteiger partial charge in [-0.3, -0.25) is 4.79 Å². The van der Waals surface area contributed by atoms with Crippen molar-refractivity contribution < 1.29 is 22.7 Å². The van der Waals surface area contributed by atoms with Crippen molar-refractivity contribution in [3.8, 4) is 0 Å². The zero-order valence-electron chi connectivity index (χ0n) is 10.8. The van der Waals surface area contributed by atoms with Gasteiger partial charge in [0.15, 0.2) is 0 Å². The molecule has 5 nitrogen and oxygen atoms in total. The SMILES string of the molecule is CCCC(CC(=O)O)NS(=O)(=O)c1ccc(Cl)cc1F. The first kappa shape index (κ1) is 16.9. The van der Waals surface area contributed by atoms with E-state index >= 15 is 0 Å². The van der Waals surface area contributed by atoms with E-state index in [1.165, 1.54) is 6.07 Å². The largest absolute Gasteiger partial charge is 0.481 e. The number of nitrogens with one attached hydrogen (secondary N) is 1. The van der Waals surface area contributed by atoms with Crippen LogP contribution in [0.2, 0.25) is 5.02 Å². The summed E-state index contributed by atoms with van der Waals surface area (Å²) in [5, 5.41) is 8.82. The highest BCUT2D eigenvalue weighted by molar-refractivity contribution is 7.89. The number of halogens is 2. The smallest absolute Gasteiger partial charge is 0.304 e. The number of hydrogen-bond acceptors (Lipinski definition) is 3. The molecule has 1 aromatic carbocycles. The van der Waals surface area contributed by atoms with Gasteiger partial charge >= 0.3 is 5.97 Å². The van der Waals surface area contributed by atoms with Crippen LogP contribution >= 0.6 is 11.6 Å². The third-order valence-electron chi connectivity index (χ3n) is 2.56. The van der Waals surface area contributed by atoms with Gasteiger partial charge in [0, 0.05) is 11.1 Å². The van der Waals surface area contributed by atoms with Crippen LogP contribution in [0.5, 0.6) is 0 Å². The summed E-state index contributed by atoms with van der Waals surface area (Å²) in [5.74, 6) is -2.10. The summed E-state index contributed by atoms with van der Waals surface area (Å²) in [6, 6.07) is 2.41. The van der Waals surface area contributed by atoms with Crippen LogP contribution in [0.4, 0.5) is 4.39 Å². The Kier molecular flexibility index (Phi) is 5.91. The highest BCUT2D eigenvalue weighted by Gasteiger charge is 2.24. The second kappa shape index (κ2) is 7.01. The maximum Gasteiger partial charge on any atom is 0.304 e. The summed E-state index contributed by atoms with van der Waals surface area (Å²) in [6.45, 7) is 1.80. The predicted octanol–water partition coefficient (Wildman–Crippen LogP) is 2.40. The van der Waals surface area contributed by atoms with Crippen LogP contribution in [0.3, 0.4) is 0 Å². The Morgan fingerprint density at radius 2 is 2.15 bits per heavy atom. The van der Waals surface area contributed by atoms with Crippen LogP contribution in [-0.4, -0.2) is 25.5 Å². The summed E-state index contributed by atoms with van der Waals surface area (Å²) in [5.41, 5.74) is 0. The Labute approximate surface area is 121 Å². The number of aliphatic carboxylic acids is 1. The molecule has 0 radical (unpaired) electrons. The topological polar surface area (TPSA) is 83.5 Å². The number of carboxylic acids is 1. The van der Waals surface area contributed by atoms with Crippen LogP contribution in [0.15, 0.2) is 23.1 Å². The Morgan fingerprint density at radius 3 is 2.65 bits per heavy atom. The minimum Gasteiger partial charge on any atom is -0.481 e. The van der Waals surface area contributed by atoms with Gasteiger partial charge < -0.3 is 5.11 Å². The minimum absolute atomic E-state index is 0.0806. The normalized spacial score (nSPS) is 13.2. The molecule has 0 aliphatic heterocycles. The highest BCUT2D eigenvalue weighted by atomic mass is 35.5. The molecule has 8 heteroatoms. The molecule has 0 amide bonds. The molecule has 1 atom stereocenters. The van der Waals surface area contributed by atoms with Crippen molar-refractivity contribution in [2.24, 2.45) is 0 Å². The van der Waals surface area contributed by atoms with E-state index in [9.17, 15) is 17.6 Å².